The third-order valence-corrected chi connectivity index (χ3v) is 0. The smallest absolute Gasteiger partial charge is 0.870 e. The maximum absolute atomic E-state index is 8.56. The average molecular weight is 250 g/mol. The second-order valence-electron chi connectivity index (χ2n) is 0.798. The van der Waals surface area contributed by atoms with E-state index in [1.807, 2.05) is 0 Å². The molecular weight excluding hydrogens is 246 g/mol. The third-order valence-electron chi connectivity index (χ3n) is 0. The van der Waals surface area contributed by atoms with Crippen LogP contribution in [0.5, 0.6) is 0 Å². The second kappa shape index (κ2) is 29.2. The fraction of sp³-hybridized carbons (Fsp3) is 0. The van der Waals surface area contributed by atoms with Crippen molar-refractivity contribution in [1.29, 1.82) is 0 Å². The molecule has 0 radical (unpaired) electrons. The van der Waals surface area contributed by atoms with Crippen LogP contribution in [0.2, 0.25) is 0 Å². The van der Waals surface area contributed by atoms with Gasteiger partial charge in [-0.25, -0.2) is 4.79 Å². The van der Waals surface area contributed by atoms with Crippen molar-refractivity contribution < 1.29 is 80.1 Å². The van der Waals surface area contributed by atoms with Crippen molar-refractivity contribution in [3.8, 4) is 0 Å². The Labute approximate surface area is 115 Å². The van der Waals surface area contributed by atoms with E-state index in [1.54, 1.807) is 0 Å². The van der Waals surface area contributed by atoms with Crippen LogP contribution in [0.25, 0.3) is 0 Å². The minimum absolute atomic E-state index is 0. The zero-order chi connectivity index (χ0) is 10.7. The van der Waals surface area contributed by atoms with E-state index in [-0.39, 0.29) is 52.4 Å². The summed E-state index contributed by atoms with van der Waals surface area (Å²) >= 11 is 0. The molecule has 4 N–H and O–H groups in total. The summed E-state index contributed by atoms with van der Waals surface area (Å²) in [5.41, 5.74) is 0. The van der Waals surface area contributed by atoms with Gasteiger partial charge in [0, 0.05) is 0 Å². The number of hydrogen-bond donors (Lipinski definition) is 3. The van der Waals surface area contributed by atoms with Crippen LogP contribution in [0.1, 0.15) is 0 Å². The number of carbonyl (C=O) groups excluding carboxylic acids is 1. The summed E-state index contributed by atoms with van der Waals surface area (Å²) in [5.74, 6) is 0. The quantitative estimate of drug-likeness (QED) is 0.345. The number of rotatable bonds is 0. The summed E-state index contributed by atoms with van der Waals surface area (Å²) in [7, 11) is 0. The van der Waals surface area contributed by atoms with Crippen molar-refractivity contribution >= 4 is 35.8 Å². The molecule has 0 unspecified atom stereocenters. The van der Waals surface area contributed by atoms with Gasteiger partial charge in [0.25, 0.3) is 0 Å². The first-order valence-corrected chi connectivity index (χ1v) is 1.90. The maximum Gasteiger partial charge on any atom is 3.00 e. The van der Waals surface area contributed by atoms with Gasteiger partial charge in [-0.05, 0) is 6.16 Å². The van der Waals surface area contributed by atoms with E-state index < -0.39 is 18.5 Å². The Morgan fingerprint density at radius 3 is 0.867 bits per heavy atom. The van der Waals surface area contributed by atoms with Gasteiger partial charge in [-0.3, -0.25) is 0 Å². The Hall–Kier alpha value is -0.698. The number of carbonyl (C=O) groups is 3. The van der Waals surface area contributed by atoms with Gasteiger partial charge < -0.3 is 45.7 Å². The van der Waals surface area contributed by atoms with Gasteiger partial charge >= 0.3 is 53.1 Å². The van der Waals surface area contributed by atoms with Gasteiger partial charge in [0.2, 0.25) is 6.16 Å². The molecule has 0 aliphatic heterocycles. The molecule has 0 aromatic rings. The van der Waals surface area contributed by atoms with Crippen LogP contribution in [0.4, 0.5) is 14.4 Å². The van der Waals surface area contributed by atoms with Crippen LogP contribution in [0, 0.1) is 0 Å². The van der Waals surface area contributed by atoms with Crippen molar-refractivity contribution in [1.82, 2.24) is 0 Å². The Kier molecular flexibility index (Phi) is 71.5. The molecule has 0 rings (SSSR count). The minimum Gasteiger partial charge on any atom is -0.870 e. The summed E-state index contributed by atoms with van der Waals surface area (Å²) in [6.07, 6.45) is -6.25. The molecule has 15 heavy (non-hydrogen) atoms. The van der Waals surface area contributed by atoms with Crippen molar-refractivity contribution in [3.63, 3.8) is 0 Å². The van der Waals surface area contributed by atoms with Gasteiger partial charge in [-0.1, -0.05) is 0 Å². The Balaban J connectivity index is -0.0000000184. The standard InChI is InChI=1S/3CH2O3.Al.Na.H2O/c3*2-1(3)4;;;/h3*(H2,2,3,4);;;1H2/q;;;+3;+1;/p-4. The molecule has 0 bridgehead atoms. The molecular formula is C3H4AlNaO10. The normalized spacial score (nSPS) is 4.80. The minimum atomic E-state index is -2.33. The van der Waals surface area contributed by atoms with E-state index in [2.05, 4.69) is 0 Å². The molecule has 0 aliphatic carbocycles. The molecule has 0 saturated heterocycles. The van der Waals surface area contributed by atoms with Crippen molar-refractivity contribution in [3.05, 3.63) is 0 Å². The van der Waals surface area contributed by atoms with Crippen LogP contribution in [-0.4, -0.2) is 56.6 Å². The topological polar surface area (TPSA) is 211 Å². The SMILES string of the molecule is O=C(O)O.O=C([O-])O.O=C([O-])[O-].[Al+3].[Na+].[OH-]. The molecule has 0 spiro atoms. The van der Waals surface area contributed by atoms with E-state index in [0.29, 0.717) is 0 Å². The molecule has 10 nitrogen and oxygen atoms in total. The zero-order valence-corrected chi connectivity index (χ0v) is 10.5. The van der Waals surface area contributed by atoms with E-state index in [9.17, 15) is 0 Å². The Morgan fingerprint density at radius 1 is 0.867 bits per heavy atom. The van der Waals surface area contributed by atoms with Gasteiger partial charge in [-0.15, -0.1) is 0 Å². The fourth-order valence-corrected chi connectivity index (χ4v) is 0. The largest absolute Gasteiger partial charge is 3.00 e. The van der Waals surface area contributed by atoms with Crippen molar-refractivity contribution in [2.75, 3.05) is 0 Å². The van der Waals surface area contributed by atoms with E-state index in [4.69, 9.17) is 45.0 Å². The Morgan fingerprint density at radius 2 is 0.867 bits per heavy atom. The van der Waals surface area contributed by atoms with E-state index in [0.717, 1.165) is 0 Å². The Bertz CT molecular complexity index is 118. The monoisotopic (exact) mass is 250 g/mol. The van der Waals surface area contributed by atoms with Crippen LogP contribution in [0.15, 0.2) is 0 Å². The molecule has 0 atom stereocenters. The van der Waals surface area contributed by atoms with E-state index in [1.165, 1.54) is 0 Å². The summed E-state index contributed by atoms with van der Waals surface area (Å²) in [5, 5.41) is 45.9. The van der Waals surface area contributed by atoms with Gasteiger partial charge in [0.1, 0.15) is 0 Å². The summed E-state index contributed by atoms with van der Waals surface area (Å²) in [4.78, 5) is 25.3. The van der Waals surface area contributed by atoms with Crippen LogP contribution in [-0.2, 0) is 0 Å². The maximum atomic E-state index is 8.56. The summed E-state index contributed by atoms with van der Waals surface area (Å²) < 4.78 is 0. The first-order valence-electron chi connectivity index (χ1n) is 1.90. The van der Waals surface area contributed by atoms with Crippen molar-refractivity contribution in [2.24, 2.45) is 0 Å². The molecule has 80 valence electrons. The molecule has 0 saturated carbocycles. The molecule has 0 heterocycles. The predicted molar refractivity (Wildman–Crippen MR) is 31.8 cm³/mol. The average Bonchev–Trinajstić information content (AvgIpc) is 1.54. The van der Waals surface area contributed by atoms with E-state index >= 15 is 0 Å². The molecule has 0 fully saturated rings. The van der Waals surface area contributed by atoms with Gasteiger partial charge in [-0.2, -0.15) is 0 Å². The van der Waals surface area contributed by atoms with Crippen LogP contribution >= 0.6 is 0 Å². The van der Waals surface area contributed by atoms with Crippen LogP contribution in [0.3, 0.4) is 0 Å². The van der Waals surface area contributed by atoms with Gasteiger partial charge in [0.15, 0.2) is 0 Å². The molecule has 0 aromatic carbocycles. The van der Waals surface area contributed by atoms with Crippen LogP contribution < -0.4 is 44.9 Å². The second-order valence-corrected chi connectivity index (χ2v) is 0.798. The fourth-order valence-electron chi connectivity index (χ4n) is 0. The molecule has 12 heteroatoms. The summed E-state index contributed by atoms with van der Waals surface area (Å²) in [6, 6.07) is 0. The first kappa shape index (κ1) is 36.7. The number of hydrogen-bond acceptors (Lipinski definition) is 7. The molecule has 0 aromatic heterocycles. The number of carboxylic acid groups (broad SMARTS) is 6. The van der Waals surface area contributed by atoms with Gasteiger partial charge in [0.05, 0.1) is 0 Å². The predicted octanol–water partition coefficient (Wildman–Crippen LogP) is -6.89. The molecule has 0 aliphatic rings. The summed E-state index contributed by atoms with van der Waals surface area (Å²) in [6.45, 7) is 0. The third kappa shape index (κ3) is 3490. The van der Waals surface area contributed by atoms with Crippen molar-refractivity contribution in [2.45, 2.75) is 0 Å². The molecule has 0 amide bonds. The zero-order valence-electron chi connectivity index (χ0n) is 7.32. The first-order chi connectivity index (χ1) is 5.20.